The van der Waals surface area contributed by atoms with E-state index in [1.807, 2.05) is 18.2 Å². The summed E-state index contributed by atoms with van der Waals surface area (Å²) in [5, 5.41) is 7.13. The molecule has 26 heavy (non-hydrogen) atoms. The third-order valence-electron chi connectivity index (χ3n) is 5.54. The van der Waals surface area contributed by atoms with Gasteiger partial charge in [-0.2, -0.15) is 0 Å². The molecule has 2 aromatic rings. The molecule has 0 amide bonds. The van der Waals surface area contributed by atoms with Crippen molar-refractivity contribution in [2.75, 3.05) is 25.0 Å². The third-order valence-corrected chi connectivity index (χ3v) is 5.54. The minimum atomic E-state index is 0.438. The number of aromatic nitrogens is 2. The largest absolute Gasteiger partial charge is 0.369 e. The van der Waals surface area contributed by atoms with Gasteiger partial charge in [0.2, 0.25) is 0 Å². The van der Waals surface area contributed by atoms with Gasteiger partial charge in [0.1, 0.15) is 5.82 Å². The summed E-state index contributed by atoms with van der Waals surface area (Å²) in [5.41, 5.74) is 10.2. The van der Waals surface area contributed by atoms with Crippen LogP contribution in [0.2, 0.25) is 0 Å². The number of rotatable bonds is 4. The maximum atomic E-state index is 4.92. The fourth-order valence-corrected chi connectivity index (χ4v) is 3.89. The lowest BCUT2D eigenvalue weighted by molar-refractivity contribution is 0.466. The highest BCUT2D eigenvalue weighted by atomic mass is 15.4. The number of nitrogens with one attached hydrogen (secondary N) is 4. The summed E-state index contributed by atoms with van der Waals surface area (Å²) >= 11 is 0. The van der Waals surface area contributed by atoms with Gasteiger partial charge in [-0.3, -0.25) is 10.9 Å². The van der Waals surface area contributed by atoms with E-state index in [1.165, 1.54) is 11.3 Å². The summed E-state index contributed by atoms with van der Waals surface area (Å²) in [6.07, 6.45) is 1.92. The van der Waals surface area contributed by atoms with Gasteiger partial charge in [0.25, 0.3) is 0 Å². The van der Waals surface area contributed by atoms with Crippen LogP contribution in [0, 0.1) is 5.92 Å². The van der Waals surface area contributed by atoms with Crippen LogP contribution in [0.15, 0.2) is 30.3 Å². The Kier molecular flexibility index (Phi) is 5.15. The molecule has 0 radical (unpaired) electrons. The second-order valence-corrected chi connectivity index (χ2v) is 7.35. The summed E-state index contributed by atoms with van der Waals surface area (Å²) in [4.78, 5) is 9.82. The molecule has 4 N–H and O–H groups in total. The van der Waals surface area contributed by atoms with Crippen molar-refractivity contribution in [3.05, 3.63) is 41.6 Å². The number of anilines is 1. The number of benzene rings is 1. The molecule has 2 atom stereocenters. The van der Waals surface area contributed by atoms with E-state index >= 15 is 0 Å². The Morgan fingerprint density at radius 2 is 1.73 bits per heavy atom. The summed E-state index contributed by atoms with van der Waals surface area (Å²) in [5.74, 6) is 2.34. The van der Waals surface area contributed by atoms with Crippen LogP contribution in [-0.2, 0) is 12.8 Å². The summed E-state index contributed by atoms with van der Waals surface area (Å²) in [6, 6.07) is 11.1. The number of hydrazine groups is 1. The van der Waals surface area contributed by atoms with E-state index in [-0.39, 0.29) is 0 Å². The molecule has 2 unspecified atom stereocenters. The minimum absolute atomic E-state index is 0.438. The van der Waals surface area contributed by atoms with Crippen molar-refractivity contribution < 1.29 is 0 Å². The monoisotopic (exact) mass is 352 g/mol. The molecular formula is C20H28N6. The topological polar surface area (TPSA) is 73.9 Å². The zero-order chi connectivity index (χ0) is 17.9. The van der Waals surface area contributed by atoms with Crippen LogP contribution in [0.5, 0.6) is 0 Å². The van der Waals surface area contributed by atoms with Crippen molar-refractivity contribution in [3.8, 4) is 11.4 Å². The number of hydrogen-bond donors (Lipinski definition) is 4. The molecule has 2 aliphatic heterocycles. The van der Waals surface area contributed by atoms with E-state index in [4.69, 9.17) is 9.97 Å². The smallest absolute Gasteiger partial charge is 0.161 e. The average molecular weight is 352 g/mol. The Hall–Kier alpha value is -2.02. The van der Waals surface area contributed by atoms with Crippen LogP contribution in [0.4, 0.5) is 5.82 Å². The van der Waals surface area contributed by atoms with Crippen LogP contribution in [-0.4, -0.2) is 41.7 Å². The lowest BCUT2D eigenvalue weighted by Crippen LogP contribution is -2.30. The molecule has 6 heteroatoms. The second kappa shape index (κ2) is 7.70. The van der Waals surface area contributed by atoms with Crippen LogP contribution < -0.4 is 21.5 Å². The van der Waals surface area contributed by atoms with Gasteiger partial charge in [-0.15, -0.1) is 0 Å². The second-order valence-electron chi connectivity index (χ2n) is 7.35. The van der Waals surface area contributed by atoms with E-state index < -0.39 is 0 Å². The normalized spacial score (nSPS) is 25.5. The Bertz CT molecular complexity index is 737. The molecule has 1 saturated heterocycles. The number of fused-ring (bicyclic) bond motifs is 1. The Morgan fingerprint density at radius 3 is 2.50 bits per heavy atom. The Morgan fingerprint density at radius 1 is 1.00 bits per heavy atom. The molecule has 0 saturated carbocycles. The lowest BCUT2D eigenvalue weighted by atomic mass is 9.96. The van der Waals surface area contributed by atoms with Gasteiger partial charge < -0.3 is 10.6 Å². The number of nitrogens with zero attached hydrogens (tertiary/aromatic N) is 2. The van der Waals surface area contributed by atoms with Crippen molar-refractivity contribution in [1.82, 2.24) is 26.1 Å². The van der Waals surface area contributed by atoms with Crippen LogP contribution in [0.3, 0.4) is 0 Å². The van der Waals surface area contributed by atoms with Crippen LogP contribution >= 0.6 is 0 Å². The summed E-state index contributed by atoms with van der Waals surface area (Å²) in [7, 11) is 0. The van der Waals surface area contributed by atoms with Crippen molar-refractivity contribution >= 4 is 5.82 Å². The molecule has 1 aromatic heterocycles. The molecule has 2 aliphatic rings. The molecule has 6 nitrogen and oxygen atoms in total. The maximum absolute atomic E-state index is 4.92. The number of hydrogen-bond acceptors (Lipinski definition) is 6. The zero-order valence-electron chi connectivity index (χ0n) is 15.5. The first-order valence-corrected chi connectivity index (χ1v) is 9.63. The van der Waals surface area contributed by atoms with Gasteiger partial charge >= 0.3 is 0 Å². The average Bonchev–Trinajstić information content (AvgIpc) is 2.86. The van der Waals surface area contributed by atoms with E-state index in [1.54, 1.807) is 0 Å². The fraction of sp³-hybridized carbons (Fsp3) is 0.500. The highest BCUT2D eigenvalue weighted by Crippen LogP contribution is 2.25. The SMILES string of the molecule is CC1NNC(C)C1CNc1nc(-c2ccccc2)nc2c1CCNCC2. The molecule has 0 aliphatic carbocycles. The van der Waals surface area contributed by atoms with Gasteiger partial charge in [-0.1, -0.05) is 30.3 Å². The Balaban J connectivity index is 1.65. The predicted molar refractivity (Wildman–Crippen MR) is 105 cm³/mol. The zero-order valence-corrected chi connectivity index (χ0v) is 15.5. The first-order chi connectivity index (χ1) is 12.7. The highest BCUT2D eigenvalue weighted by Gasteiger charge is 2.30. The van der Waals surface area contributed by atoms with Crippen LogP contribution in [0.25, 0.3) is 11.4 Å². The Labute approximate surface area is 155 Å². The first-order valence-electron chi connectivity index (χ1n) is 9.63. The fourth-order valence-electron chi connectivity index (χ4n) is 3.89. The molecule has 4 rings (SSSR count). The molecule has 3 heterocycles. The highest BCUT2D eigenvalue weighted by molar-refractivity contribution is 5.60. The van der Waals surface area contributed by atoms with Gasteiger partial charge in [-0.25, -0.2) is 9.97 Å². The van der Waals surface area contributed by atoms with Crippen molar-refractivity contribution in [3.63, 3.8) is 0 Å². The van der Waals surface area contributed by atoms with Crippen LogP contribution in [0.1, 0.15) is 25.1 Å². The molecule has 0 spiro atoms. The van der Waals surface area contributed by atoms with Gasteiger partial charge in [0, 0.05) is 48.6 Å². The first kappa shape index (κ1) is 17.4. The van der Waals surface area contributed by atoms with Crippen molar-refractivity contribution in [2.24, 2.45) is 5.92 Å². The summed E-state index contributed by atoms with van der Waals surface area (Å²) < 4.78 is 0. The van der Waals surface area contributed by atoms with E-state index in [2.05, 4.69) is 47.5 Å². The quantitative estimate of drug-likeness (QED) is 0.672. The maximum Gasteiger partial charge on any atom is 0.161 e. The molecule has 138 valence electrons. The molecule has 1 aromatic carbocycles. The summed E-state index contributed by atoms with van der Waals surface area (Å²) in [6.45, 7) is 7.30. The minimum Gasteiger partial charge on any atom is -0.369 e. The van der Waals surface area contributed by atoms with Gasteiger partial charge in [0.05, 0.1) is 5.69 Å². The lowest BCUT2D eigenvalue weighted by Gasteiger charge is -2.21. The molecule has 0 bridgehead atoms. The predicted octanol–water partition coefficient (Wildman–Crippen LogP) is 1.74. The van der Waals surface area contributed by atoms with Gasteiger partial charge in [0.15, 0.2) is 5.82 Å². The van der Waals surface area contributed by atoms with E-state index in [9.17, 15) is 0 Å². The molecule has 1 fully saturated rings. The standard InChI is InChI=1S/C20H28N6/c1-13-17(14(2)26-25-13)12-22-20-16-8-10-21-11-9-18(16)23-19(24-20)15-6-4-3-5-7-15/h3-7,13-14,17,21,25-26H,8-12H2,1-2H3,(H,22,23,24). The molecular weight excluding hydrogens is 324 g/mol. The van der Waals surface area contributed by atoms with Crippen molar-refractivity contribution in [2.45, 2.75) is 38.8 Å². The van der Waals surface area contributed by atoms with E-state index in [0.717, 1.165) is 49.7 Å². The third kappa shape index (κ3) is 3.58. The van der Waals surface area contributed by atoms with E-state index in [0.29, 0.717) is 18.0 Å². The van der Waals surface area contributed by atoms with Crippen molar-refractivity contribution in [1.29, 1.82) is 0 Å². The van der Waals surface area contributed by atoms with Gasteiger partial charge in [-0.05, 0) is 26.8 Å².